The molecule has 0 aliphatic heterocycles. The molecule has 2 aromatic carbocycles. The van der Waals surface area contributed by atoms with Gasteiger partial charge in [-0.1, -0.05) is 0 Å². The molecule has 0 saturated heterocycles. The summed E-state index contributed by atoms with van der Waals surface area (Å²) in [6.45, 7) is 3.75. The molecule has 0 unspecified atom stereocenters. The maximum absolute atomic E-state index is 3.75. The van der Waals surface area contributed by atoms with Crippen molar-refractivity contribution in [1.82, 2.24) is 0 Å². The van der Waals surface area contributed by atoms with Gasteiger partial charge in [-0.2, -0.15) is 0 Å². The summed E-state index contributed by atoms with van der Waals surface area (Å²) in [5.74, 6) is 0. The summed E-state index contributed by atoms with van der Waals surface area (Å²) in [7, 11) is 0. The van der Waals surface area contributed by atoms with Crippen LogP contribution in [0.2, 0.25) is 0 Å². The van der Waals surface area contributed by atoms with E-state index in [2.05, 4.69) is 71.1 Å². The molecule has 0 aliphatic rings. The monoisotopic (exact) mass is 274 g/mol. The van der Waals surface area contributed by atoms with Crippen LogP contribution < -0.4 is 4.46 Å². The molecule has 80 valence electrons. The molecule has 0 nitrogen and oxygen atoms in total. The third-order valence-electron chi connectivity index (χ3n) is 2.56. The Bertz CT molecular complexity index is 466. The van der Waals surface area contributed by atoms with Crippen LogP contribution in [0.15, 0.2) is 55.1 Å². The molecule has 0 fully saturated rings. The van der Waals surface area contributed by atoms with Gasteiger partial charge in [0, 0.05) is 0 Å². The van der Waals surface area contributed by atoms with E-state index in [4.69, 9.17) is 0 Å². The standard InChI is InChI=1S/C15H14Se/c1-2-12-3-5-13(6-4-12)11-14-7-9-15(16)10-8-14/h2-10,16H,1,11H2. The fourth-order valence-corrected chi connectivity index (χ4v) is 1.93. The Kier molecular flexibility index (Phi) is 3.61. The van der Waals surface area contributed by atoms with Crippen molar-refractivity contribution >= 4 is 26.6 Å². The van der Waals surface area contributed by atoms with E-state index in [1.165, 1.54) is 21.2 Å². The predicted molar refractivity (Wildman–Crippen MR) is 72.6 cm³/mol. The fraction of sp³-hybridized carbons (Fsp3) is 0.0667. The van der Waals surface area contributed by atoms with Crippen molar-refractivity contribution in [2.45, 2.75) is 6.42 Å². The molecule has 0 radical (unpaired) electrons. The van der Waals surface area contributed by atoms with Crippen LogP contribution in [-0.2, 0) is 6.42 Å². The summed E-state index contributed by atoms with van der Waals surface area (Å²) in [6.07, 6.45) is 2.86. The van der Waals surface area contributed by atoms with Crippen molar-refractivity contribution < 1.29 is 0 Å². The number of rotatable bonds is 3. The van der Waals surface area contributed by atoms with Crippen LogP contribution in [0.5, 0.6) is 0 Å². The van der Waals surface area contributed by atoms with E-state index in [-0.39, 0.29) is 0 Å². The quantitative estimate of drug-likeness (QED) is 0.754. The van der Waals surface area contributed by atoms with Gasteiger partial charge in [0.25, 0.3) is 0 Å². The van der Waals surface area contributed by atoms with Crippen molar-refractivity contribution in [1.29, 1.82) is 0 Å². The summed E-state index contributed by atoms with van der Waals surface area (Å²) in [5.41, 5.74) is 3.86. The minimum absolute atomic E-state index is 0.991. The van der Waals surface area contributed by atoms with Gasteiger partial charge in [-0.15, -0.1) is 0 Å². The Morgan fingerprint density at radius 3 is 1.88 bits per heavy atom. The third kappa shape index (κ3) is 2.85. The van der Waals surface area contributed by atoms with Crippen LogP contribution in [0.4, 0.5) is 0 Å². The first kappa shape index (κ1) is 11.2. The fourth-order valence-electron chi connectivity index (χ4n) is 1.62. The molecular formula is C15H14Se. The molecule has 0 saturated carbocycles. The Hall–Kier alpha value is -1.30. The van der Waals surface area contributed by atoms with Crippen molar-refractivity contribution in [3.05, 3.63) is 71.8 Å². The molecule has 0 atom stereocenters. The first-order chi connectivity index (χ1) is 7.78. The van der Waals surface area contributed by atoms with Gasteiger partial charge < -0.3 is 0 Å². The van der Waals surface area contributed by atoms with Gasteiger partial charge in [0.2, 0.25) is 0 Å². The summed E-state index contributed by atoms with van der Waals surface area (Å²) in [5, 5.41) is 0. The zero-order chi connectivity index (χ0) is 11.4. The summed E-state index contributed by atoms with van der Waals surface area (Å²) in [6, 6.07) is 17.1. The average molecular weight is 273 g/mol. The van der Waals surface area contributed by atoms with Gasteiger partial charge >= 0.3 is 105 Å². The van der Waals surface area contributed by atoms with Crippen LogP contribution in [0.1, 0.15) is 16.7 Å². The zero-order valence-electron chi connectivity index (χ0n) is 9.06. The second-order valence-corrected chi connectivity index (χ2v) is 4.87. The average Bonchev–Trinajstić information content (AvgIpc) is 2.33. The number of hydrogen-bond donors (Lipinski definition) is 0. The van der Waals surface area contributed by atoms with E-state index in [1.807, 2.05) is 6.08 Å². The van der Waals surface area contributed by atoms with E-state index in [1.54, 1.807) is 0 Å². The van der Waals surface area contributed by atoms with E-state index in [0.717, 1.165) is 6.42 Å². The molecule has 0 bridgehead atoms. The summed E-state index contributed by atoms with van der Waals surface area (Å²) in [4.78, 5) is 0. The molecule has 1 heteroatoms. The molecule has 0 aliphatic carbocycles. The normalized spacial score (nSPS) is 10.1. The van der Waals surface area contributed by atoms with Crippen LogP contribution in [0, 0.1) is 0 Å². The molecule has 0 amide bonds. The minimum atomic E-state index is 0.991. The van der Waals surface area contributed by atoms with Crippen molar-refractivity contribution in [2.24, 2.45) is 0 Å². The van der Waals surface area contributed by atoms with Crippen LogP contribution >= 0.6 is 0 Å². The molecule has 0 N–H and O–H groups in total. The topological polar surface area (TPSA) is 0 Å². The van der Waals surface area contributed by atoms with Gasteiger partial charge in [-0.3, -0.25) is 0 Å². The van der Waals surface area contributed by atoms with Crippen LogP contribution in [-0.4, -0.2) is 16.0 Å². The predicted octanol–water partition coefficient (Wildman–Crippen LogP) is 2.45. The first-order valence-electron chi connectivity index (χ1n) is 5.27. The second-order valence-electron chi connectivity index (χ2n) is 3.79. The zero-order valence-corrected chi connectivity index (χ0v) is 10.9. The van der Waals surface area contributed by atoms with Crippen molar-refractivity contribution in [3.8, 4) is 0 Å². The van der Waals surface area contributed by atoms with Crippen molar-refractivity contribution in [3.63, 3.8) is 0 Å². The van der Waals surface area contributed by atoms with Gasteiger partial charge in [0.1, 0.15) is 0 Å². The van der Waals surface area contributed by atoms with E-state index in [9.17, 15) is 0 Å². The van der Waals surface area contributed by atoms with E-state index >= 15 is 0 Å². The molecular weight excluding hydrogens is 259 g/mol. The van der Waals surface area contributed by atoms with Crippen LogP contribution in [0.3, 0.4) is 0 Å². The number of benzene rings is 2. The molecule has 0 spiro atoms. The van der Waals surface area contributed by atoms with Crippen LogP contribution in [0.25, 0.3) is 6.08 Å². The van der Waals surface area contributed by atoms with Gasteiger partial charge in [0.05, 0.1) is 0 Å². The summed E-state index contributed by atoms with van der Waals surface area (Å²) >= 11 is 2.56. The molecule has 2 aromatic rings. The van der Waals surface area contributed by atoms with Crippen molar-refractivity contribution in [2.75, 3.05) is 0 Å². The Labute approximate surface area is 105 Å². The Balaban J connectivity index is 2.14. The maximum atomic E-state index is 3.75. The van der Waals surface area contributed by atoms with Gasteiger partial charge in [0.15, 0.2) is 0 Å². The van der Waals surface area contributed by atoms with Gasteiger partial charge in [-0.05, 0) is 0 Å². The van der Waals surface area contributed by atoms with E-state index in [0.29, 0.717) is 0 Å². The first-order valence-corrected chi connectivity index (χ1v) is 6.21. The Morgan fingerprint density at radius 2 is 1.38 bits per heavy atom. The Morgan fingerprint density at radius 1 is 0.875 bits per heavy atom. The summed E-state index contributed by atoms with van der Waals surface area (Å²) < 4.78 is 1.25. The number of hydrogen-bond acceptors (Lipinski definition) is 0. The second kappa shape index (κ2) is 5.16. The van der Waals surface area contributed by atoms with Gasteiger partial charge in [-0.25, -0.2) is 0 Å². The third-order valence-corrected chi connectivity index (χ3v) is 3.19. The molecule has 16 heavy (non-hydrogen) atoms. The molecule has 0 heterocycles. The van der Waals surface area contributed by atoms with E-state index < -0.39 is 0 Å². The SMILES string of the molecule is C=Cc1ccc(Cc2ccc([SeH])cc2)cc1. The molecule has 2 rings (SSSR count). The molecule has 0 aromatic heterocycles.